The average molecular weight is 266 g/mol. The first-order chi connectivity index (χ1) is 9.79. The Hall–Kier alpha value is -2.46. The lowest BCUT2D eigenvalue weighted by Gasteiger charge is -2.14. The molecule has 0 aliphatic heterocycles. The molecular weight excluding hydrogens is 252 g/mol. The Bertz CT molecular complexity index is 781. The van der Waals surface area contributed by atoms with Crippen LogP contribution in [0.3, 0.4) is 0 Å². The normalized spacial score (nSPS) is 12.4. The van der Waals surface area contributed by atoms with E-state index in [2.05, 4.69) is 9.97 Å². The highest BCUT2D eigenvalue weighted by molar-refractivity contribution is 5.73. The van der Waals surface area contributed by atoms with Gasteiger partial charge in [-0.05, 0) is 17.7 Å². The molecule has 1 aromatic heterocycles. The number of rotatable bonds is 3. The van der Waals surface area contributed by atoms with Crippen LogP contribution in [0.5, 0.6) is 0 Å². The predicted molar refractivity (Wildman–Crippen MR) is 77.7 cm³/mol. The first-order valence-electron chi connectivity index (χ1n) is 6.36. The minimum absolute atomic E-state index is 0.223. The van der Waals surface area contributed by atoms with Crippen LogP contribution in [0, 0.1) is 0 Å². The maximum Gasteiger partial charge on any atom is 0.273 e. The lowest BCUT2D eigenvalue weighted by Crippen LogP contribution is -2.20. The third-order valence-electron chi connectivity index (χ3n) is 3.21. The molecule has 0 aliphatic carbocycles. The van der Waals surface area contributed by atoms with Crippen LogP contribution in [-0.4, -0.2) is 17.1 Å². The van der Waals surface area contributed by atoms with Crippen molar-refractivity contribution in [3.63, 3.8) is 0 Å². The summed E-state index contributed by atoms with van der Waals surface area (Å²) >= 11 is 0. The van der Waals surface area contributed by atoms with Gasteiger partial charge in [0.2, 0.25) is 0 Å². The fourth-order valence-electron chi connectivity index (χ4n) is 2.25. The molecule has 0 spiro atoms. The fourth-order valence-corrected chi connectivity index (χ4v) is 2.25. The molecule has 100 valence electrons. The number of ether oxygens (including phenoxy) is 1. The molecule has 0 unspecified atom stereocenters. The summed E-state index contributed by atoms with van der Waals surface area (Å²) in [4.78, 5) is 19.5. The van der Waals surface area contributed by atoms with Gasteiger partial charge in [-0.15, -0.1) is 0 Å². The molecule has 20 heavy (non-hydrogen) atoms. The van der Waals surface area contributed by atoms with E-state index >= 15 is 0 Å². The van der Waals surface area contributed by atoms with E-state index in [1.54, 1.807) is 7.11 Å². The summed E-state index contributed by atoms with van der Waals surface area (Å²) in [6, 6.07) is 17.0. The lowest BCUT2D eigenvalue weighted by molar-refractivity contribution is 0.132. The fraction of sp³-hybridized carbons (Fsp3) is 0.125. The van der Waals surface area contributed by atoms with Crippen LogP contribution in [0.15, 0.2) is 59.4 Å². The highest BCUT2D eigenvalue weighted by Gasteiger charge is 2.18. The molecular formula is C16H14N2O2. The summed E-state index contributed by atoms with van der Waals surface area (Å²) in [6.07, 6.45) is -0.468. The van der Waals surface area contributed by atoms with Gasteiger partial charge in [-0.2, -0.15) is 0 Å². The maximum atomic E-state index is 12.2. The molecule has 0 amide bonds. The Kier molecular flexibility index (Phi) is 3.31. The van der Waals surface area contributed by atoms with Gasteiger partial charge in [0.15, 0.2) is 0 Å². The van der Waals surface area contributed by atoms with E-state index in [1.807, 2.05) is 54.6 Å². The zero-order valence-electron chi connectivity index (χ0n) is 11.0. The SMILES string of the molecule is CO[C@@H](c1ccccc1)c1nc2ccccc2[nH]c1=O. The van der Waals surface area contributed by atoms with Gasteiger partial charge >= 0.3 is 0 Å². The van der Waals surface area contributed by atoms with Gasteiger partial charge in [-0.3, -0.25) is 4.79 Å². The zero-order chi connectivity index (χ0) is 13.9. The van der Waals surface area contributed by atoms with Crippen molar-refractivity contribution in [3.05, 3.63) is 76.2 Å². The molecule has 0 aliphatic rings. The monoisotopic (exact) mass is 266 g/mol. The van der Waals surface area contributed by atoms with Crippen molar-refractivity contribution in [1.29, 1.82) is 0 Å². The number of para-hydroxylation sites is 2. The third-order valence-corrected chi connectivity index (χ3v) is 3.21. The predicted octanol–water partition coefficient (Wildman–Crippen LogP) is 2.66. The molecule has 1 N–H and O–H groups in total. The van der Waals surface area contributed by atoms with Crippen molar-refractivity contribution >= 4 is 11.0 Å². The smallest absolute Gasteiger partial charge is 0.273 e. The summed E-state index contributed by atoms with van der Waals surface area (Å²) < 4.78 is 5.47. The van der Waals surface area contributed by atoms with E-state index in [-0.39, 0.29) is 5.56 Å². The molecule has 4 heteroatoms. The first-order valence-corrected chi connectivity index (χ1v) is 6.36. The van der Waals surface area contributed by atoms with E-state index in [0.717, 1.165) is 16.6 Å². The highest BCUT2D eigenvalue weighted by Crippen LogP contribution is 2.22. The maximum absolute atomic E-state index is 12.2. The quantitative estimate of drug-likeness (QED) is 0.793. The summed E-state index contributed by atoms with van der Waals surface area (Å²) in [5.74, 6) is 0. The summed E-state index contributed by atoms with van der Waals surface area (Å²) in [5.41, 5.74) is 2.53. The van der Waals surface area contributed by atoms with Gasteiger partial charge < -0.3 is 9.72 Å². The van der Waals surface area contributed by atoms with Crippen LogP contribution in [0.25, 0.3) is 11.0 Å². The molecule has 4 nitrogen and oxygen atoms in total. The molecule has 3 rings (SSSR count). The van der Waals surface area contributed by atoms with Crippen LogP contribution >= 0.6 is 0 Å². The molecule has 0 saturated heterocycles. The van der Waals surface area contributed by atoms with Gasteiger partial charge in [-0.25, -0.2) is 4.98 Å². The number of aromatic amines is 1. The number of benzene rings is 2. The number of methoxy groups -OCH3 is 1. The molecule has 0 fully saturated rings. The number of nitrogens with zero attached hydrogens (tertiary/aromatic N) is 1. The Morgan fingerprint density at radius 2 is 1.75 bits per heavy atom. The van der Waals surface area contributed by atoms with E-state index in [1.165, 1.54) is 0 Å². The van der Waals surface area contributed by atoms with Gasteiger partial charge in [0.05, 0.1) is 11.0 Å². The van der Waals surface area contributed by atoms with Crippen LogP contribution in [0.2, 0.25) is 0 Å². The molecule has 3 aromatic rings. The second kappa shape index (κ2) is 5.27. The minimum Gasteiger partial charge on any atom is -0.370 e. The summed E-state index contributed by atoms with van der Waals surface area (Å²) in [6.45, 7) is 0. The molecule has 0 saturated carbocycles. The van der Waals surface area contributed by atoms with E-state index in [9.17, 15) is 4.79 Å². The molecule has 1 atom stereocenters. The number of hydrogen-bond donors (Lipinski definition) is 1. The number of fused-ring (bicyclic) bond motifs is 1. The largest absolute Gasteiger partial charge is 0.370 e. The number of H-pyrrole nitrogens is 1. The van der Waals surface area contributed by atoms with Crippen molar-refractivity contribution in [2.75, 3.05) is 7.11 Å². The zero-order valence-corrected chi connectivity index (χ0v) is 11.0. The third kappa shape index (κ3) is 2.21. The van der Waals surface area contributed by atoms with Crippen molar-refractivity contribution in [1.82, 2.24) is 9.97 Å². The number of aromatic nitrogens is 2. The minimum atomic E-state index is -0.468. The van der Waals surface area contributed by atoms with Crippen LogP contribution in [0.4, 0.5) is 0 Å². The molecule has 0 radical (unpaired) electrons. The Morgan fingerprint density at radius 3 is 2.50 bits per heavy atom. The number of hydrogen-bond acceptors (Lipinski definition) is 3. The second-order valence-electron chi connectivity index (χ2n) is 4.49. The second-order valence-corrected chi connectivity index (χ2v) is 4.49. The van der Waals surface area contributed by atoms with Gasteiger partial charge in [0, 0.05) is 7.11 Å². The standard InChI is InChI=1S/C16H14N2O2/c1-20-15(11-7-3-2-4-8-11)14-16(19)18-13-10-6-5-9-12(13)17-14/h2-10,15H,1H3,(H,18,19)/t15-/m0/s1. The Labute approximate surface area is 116 Å². The van der Waals surface area contributed by atoms with Crippen molar-refractivity contribution in [2.45, 2.75) is 6.10 Å². The highest BCUT2D eigenvalue weighted by atomic mass is 16.5. The van der Waals surface area contributed by atoms with Crippen LogP contribution < -0.4 is 5.56 Å². The van der Waals surface area contributed by atoms with Crippen LogP contribution in [0.1, 0.15) is 17.4 Å². The lowest BCUT2D eigenvalue weighted by atomic mass is 10.1. The van der Waals surface area contributed by atoms with E-state index < -0.39 is 6.10 Å². The number of nitrogens with one attached hydrogen (secondary N) is 1. The van der Waals surface area contributed by atoms with E-state index in [4.69, 9.17) is 4.74 Å². The van der Waals surface area contributed by atoms with Crippen molar-refractivity contribution in [3.8, 4) is 0 Å². The Balaban J connectivity index is 2.17. The van der Waals surface area contributed by atoms with Gasteiger partial charge in [0.1, 0.15) is 11.8 Å². The van der Waals surface area contributed by atoms with Gasteiger partial charge in [0.25, 0.3) is 5.56 Å². The van der Waals surface area contributed by atoms with Gasteiger partial charge in [-0.1, -0.05) is 42.5 Å². The molecule has 2 aromatic carbocycles. The summed E-state index contributed by atoms with van der Waals surface area (Å²) in [7, 11) is 1.58. The van der Waals surface area contributed by atoms with E-state index in [0.29, 0.717) is 5.69 Å². The molecule has 0 bridgehead atoms. The first kappa shape index (κ1) is 12.6. The van der Waals surface area contributed by atoms with Crippen LogP contribution in [-0.2, 0) is 4.74 Å². The molecule has 1 heterocycles. The summed E-state index contributed by atoms with van der Waals surface area (Å²) in [5, 5.41) is 0. The van der Waals surface area contributed by atoms with Crippen molar-refractivity contribution in [2.24, 2.45) is 0 Å². The topological polar surface area (TPSA) is 55.0 Å². The average Bonchev–Trinajstić information content (AvgIpc) is 2.49. The Morgan fingerprint density at radius 1 is 1.05 bits per heavy atom. The van der Waals surface area contributed by atoms with Crippen molar-refractivity contribution < 1.29 is 4.74 Å².